The van der Waals surface area contributed by atoms with Crippen LogP contribution >= 0.6 is 0 Å². The number of nitriles is 1. The summed E-state index contributed by atoms with van der Waals surface area (Å²) in [6, 6.07) is 30.5. The smallest absolute Gasteiger partial charge is 0.251 e. The van der Waals surface area contributed by atoms with Gasteiger partial charge in [-0.2, -0.15) is 5.26 Å². The average Bonchev–Trinajstić information content (AvgIpc) is 3.48. The van der Waals surface area contributed by atoms with Crippen molar-refractivity contribution in [2.75, 3.05) is 0 Å². The molecule has 0 aliphatic heterocycles. The Bertz CT molecular complexity index is 1740. The zero-order valence-electron chi connectivity index (χ0n) is 24.2. The van der Waals surface area contributed by atoms with Gasteiger partial charge in [-0.25, -0.2) is 4.98 Å². The highest BCUT2D eigenvalue weighted by atomic mass is 16.3. The first-order valence-corrected chi connectivity index (χ1v) is 14.9. The Morgan fingerprint density at radius 2 is 1.55 bits per heavy atom. The van der Waals surface area contributed by atoms with Crippen molar-refractivity contribution >= 4 is 17.0 Å². The van der Waals surface area contributed by atoms with E-state index in [0.717, 1.165) is 16.7 Å². The molecule has 5 heteroatoms. The molecule has 1 amide bonds. The molecule has 1 N–H and O–H groups in total. The van der Waals surface area contributed by atoms with E-state index in [1.165, 1.54) is 48.8 Å². The van der Waals surface area contributed by atoms with E-state index in [-0.39, 0.29) is 11.8 Å². The molecule has 5 aromatic rings. The monoisotopic (exact) mass is 553 g/mol. The predicted octanol–water partition coefficient (Wildman–Crippen LogP) is 9.13. The zero-order valence-corrected chi connectivity index (χ0v) is 24.2. The number of nitrogens with one attached hydrogen (secondary N) is 1. The molecule has 1 saturated carbocycles. The maximum absolute atomic E-state index is 12.9. The molecule has 0 saturated heterocycles. The van der Waals surface area contributed by atoms with Gasteiger partial charge in [0.15, 0.2) is 5.58 Å². The van der Waals surface area contributed by atoms with Crippen LogP contribution in [0.25, 0.3) is 33.7 Å². The number of carbonyl (C=O) groups excluding carboxylic acids is 1. The number of benzene rings is 4. The summed E-state index contributed by atoms with van der Waals surface area (Å²) in [5, 5.41) is 12.4. The minimum atomic E-state index is -0.137. The van der Waals surface area contributed by atoms with Crippen LogP contribution in [-0.4, -0.2) is 10.9 Å². The molecule has 0 bridgehead atoms. The van der Waals surface area contributed by atoms with Gasteiger partial charge in [0.05, 0.1) is 11.6 Å². The standard InChI is InChI=1S/C37H35N3O2/c1-24(2)33-20-26(22-38)21-34-35(33)42-37(40-34)32-18-16-31(17-19-32)36(41)39-23-25-8-10-28(11-9-25)30-14-12-29(13-15-30)27-6-4-3-5-7-27/h8-21,24,27H,3-7,23H2,1-2H3,(H,39,41). The summed E-state index contributed by atoms with van der Waals surface area (Å²) in [5.41, 5.74) is 9.14. The number of hydrogen-bond donors (Lipinski definition) is 1. The van der Waals surface area contributed by atoms with E-state index < -0.39 is 0 Å². The SMILES string of the molecule is CC(C)c1cc(C#N)cc2nc(-c3ccc(C(=O)NCc4ccc(-c5ccc(C6CCCCC6)cc5)cc4)cc3)oc12. The summed E-state index contributed by atoms with van der Waals surface area (Å²) in [6.07, 6.45) is 6.70. The van der Waals surface area contributed by atoms with E-state index in [4.69, 9.17) is 4.42 Å². The lowest BCUT2D eigenvalue weighted by atomic mass is 9.84. The second-order valence-electron chi connectivity index (χ2n) is 11.6. The van der Waals surface area contributed by atoms with Gasteiger partial charge in [0.1, 0.15) is 5.52 Å². The largest absolute Gasteiger partial charge is 0.436 e. The molecule has 1 aliphatic carbocycles. The first kappa shape index (κ1) is 27.5. The molecule has 6 rings (SSSR count). The fourth-order valence-electron chi connectivity index (χ4n) is 5.92. The van der Waals surface area contributed by atoms with E-state index in [2.05, 4.69) is 78.7 Å². The lowest BCUT2D eigenvalue weighted by Crippen LogP contribution is -2.22. The molecule has 4 aromatic carbocycles. The van der Waals surface area contributed by atoms with Crippen LogP contribution in [0.5, 0.6) is 0 Å². The number of hydrogen-bond acceptors (Lipinski definition) is 4. The van der Waals surface area contributed by atoms with Crippen LogP contribution in [-0.2, 0) is 6.54 Å². The van der Waals surface area contributed by atoms with E-state index in [9.17, 15) is 10.1 Å². The van der Waals surface area contributed by atoms with Crippen molar-refractivity contribution in [2.45, 2.75) is 64.3 Å². The van der Waals surface area contributed by atoms with E-state index in [1.807, 2.05) is 18.2 Å². The topological polar surface area (TPSA) is 78.9 Å². The number of oxazole rings is 1. The Kier molecular flexibility index (Phi) is 7.88. The molecule has 210 valence electrons. The summed E-state index contributed by atoms with van der Waals surface area (Å²) >= 11 is 0. The number of fused-ring (bicyclic) bond motifs is 1. The Morgan fingerprint density at radius 3 is 2.19 bits per heavy atom. The van der Waals surface area contributed by atoms with Crippen molar-refractivity contribution in [1.82, 2.24) is 10.3 Å². The van der Waals surface area contributed by atoms with Crippen LogP contribution in [0.3, 0.4) is 0 Å². The van der Waals surface area contributed by atoms with Crippen molar-refractivity contribution < 1.29 is 9.21 Å². The minimum absolute atomic E-state index is 0.137. The van der Waals surface area contributed by atoms with Crippen LogP contribution in [0.4, 0.5) is 0 Å². The molecule has 1 heterocycles. The second-order valence-corrected chi connectivity index (χ2v) is 11.6. The highest BCUT2D eigenvalue weighted by molar-refractivity contribution is 5.94. The third-order valence-corrected chi connectivity index (χ3v) is 8.39. The molecule has 0 atom stereocenters. The fraction of sp³-hybridized carbons (Fsp3) is 0.270. The summed E-state index contributed by atoms with van der Waals surface area (Å²) in [7, 11) is 0. The van der Waals surface area contributed by atoms with Gasteiger partial charge < -0.3 is 9.73 Å². The molecule has 1 aliphatic rings. The third-order valence-electron chi connectivity index (χ3n) is 8.39. The molecular formula is C37H35N3O2. The molecule has 42 heavy (non-hydrogen) atoms. The molecule has 1 aromatic heterocycles. The number of rotatable bonds is 7. The minimum Gasteiger partial charge on any atom is -0.436 e. The first-order chi connectivity index (χ1) is 20.5. The average molecular weight is 554 g/mol. The number of amides is 1. The second kappa shape index (κ2) is 12.0. The summed E-state index contributed by atoms with van der Waals surface area (Å²) in [6.45, 7) is 4.58. The van der Waals surface area contributed by atoms with Gasteiger partial charge in [0, 0.05) is 23.2 Å². The van der Waals surface area contributed by atoms with Crippen LogP contribution in [0.2, 0.25) is 0 Å². The zero-order chi connectivity index (χ0) is 29.1. The molecule has 0 radical (unpaired) electrons. The number of aromatic nitrogens is 1. The maximum Gasteiger partial charge on any atom is 0.251 e. The van der Waals surface area contributed by atoms with Crippen LogP contribution in [0, 0.1) is 11.3 Å². The predicted molar refractivity (Wildman–Crippen MR) is 167 cm³/mol. The van der Waals surface area contributed by atoms with Crippen molar-refractivity contribution in [3.8, 4) is 28.7 Å². The van der Waals surface area contributed by atoms with Gasteiger partial charge in [-0.05, 0) is 83.3 Å². The van der Waals surface area contributed by atoms with Crippen molar-refractivity contribution in [3.05, 3.63) is 113 Å². The van der Waals surface area contributed by atoms with Crippen molar-refractivity contribution in [2.24, 2.45) is 0 Å². The quantitative estimate of drug-likeness (QED) is 0.218. The highest BCUT2D eigenvalue weighted by Crippen LogP contribution is 2.34. The first-order valence-electron chi connectivity index (χ1n) is 14.9. The van der Waals surface area contributed by atoms with Crippen LogP contribution < -0.4 is 5.32 Å². The molecule has 5 nitrogen and oxygen atoms in total. The fourth-order valence-corrected chi connectivity index (χ4v) is 5.92. The van der Waals surface area contributed by atoms with Crippen molar-refractivity contribution in [3.63, 3.8) is 0 Å². The molecular weight excluding hydrogens is 518 g/mol. The molecule has 1 fully saturated rings. The van der Waals surface area contributed by atoms with E-state index >= 15 is 0 Å². The van der Waals surface area contributed by atoms with Gasteiger partial charge in [-0.1, -0.05) is 81.6 Å². The van der Waals surface area contributed by atoms with Crippen LogP contribution in [0.15, 0.2) is 89.3 Å². The lowest BCUT2D eigenvalue weighted by Gasteiger charge is -2.22. The number of nitrogens with zero attached hydrogens (tertiary/aromatic N) is 2. The maximum atomic E-state index is 12.9. The Hall–Kier alpha value is -4.69. The lowest BCUT2D eigenvalue weighted by molar-refractivity contribution is 0.0951. The summed E-state index contributed by atoms with van der Waals surface area (Å²) in [4.78, 5) is 17.5. The Labute approximate surface area is 247 Å². The summed E-state index contributed by atoms with van der Waals surface area (Å²) in [5.74, 6) is 1.25. The number of carbonyl (C=O) groups is 1. The van der Waals surface area contributed by atoms with E-state index in [1.54, 1.807) is 18.2 Å². The van der Waals surface area contributed by atoms with Gasteiger partial charge in [0.2, 0.25) is 5.89 Å². The Balaban J connectivity index is 1.08. The van der Waals surface area contributed by atoms with Gasteiger partial charge >= 0.3 is 0 Å². The van der Waals surface area contributed by atoms with Gasteiger partial charge in [0.25, 0.3) is 5.91 Å². The van der Waals surface area contributed by atoms with Crippen LogP contribution in [0.1, 0.15) is 90.4 Å². The van der Waals surface area contributed by atoms with Crippen molar-refractivity contribution in [1.29, 1.82) is 5.26 Å². The van der Waals surface area contributed by atoms with Gasteiger partial charge in [-0.3, -0.25) is 4.79 Å². The third kappa shape index (κ3) is 5.85. The van der Waals surface area contributed by atoms with E-state index in [0.29, 0.717) is 40.6 Å². The normalized spacial score (nSPS) is 13.8. The Morgan fingerprint density at radius 1 is 0.905 bits per heavy atom. The highest BCUT2D eigenvalue weighted by Gasteiger charge is 2.17. The molecule has 0 unspecified atom stereocenters. The van der Waals surface area contributed by atoms with Gasteiger partial charge in [-0.15, -0.1) is 0 Å². The summed E-state index contributed by atoms with van der Waals surface area (Å²) < 4.78 is 6.11. The molecule has 0 spiro atoms.